The van der Waals surface area contributed by atoms with Crippen molar-refractivity contribution in [2.45, 2.75) is 6.43 Å². The molecule has 14 heavy (non-hydrogen) atoms. The molecule has 1 rings (SSSR count). The molecule has 0 amide bonds. The Morgan fingerprint density at radius 2 is 2.29 bits per heavy atom. The molecule has 0 aliphatic carbocycles. The molecule has 0 radical (unpaired) electrons. The van der Waals surface area contributed by atoms with Crippen molar-refractivity contribution >= 4 is 15.9 Å². The van der Waals surface area contributed by atoms with Crippen molar-refractivity contribution < 1.29 is 13.5 Å². The number of rotatable bonds is 2. The molecule has 74 valence electrons. The van der Waals surface area contributed by atoms with Gasteiger partial charge in [-0.1, -0.05) is 0 Å². The first-order chi connectivity index (χ1) is 6.60. The molecule has 1 aromatic heterocycles. The van der Waals surface area contributed by atoms with Gasteiger partial charge in [0.15, 0.2) is 0 Å². The van der Waals surface area contributed by atoms with Crippen molar-refractivity contribution in [2.75, 3.05) is 7.11 Å². The first kappa shape index (κ1) is 10.9. The predicted molar refractivity (Wildman–Crippen MR) is 48.2 cm³/mol. The van der Waals surface area contributed by atoms with Crippen LogP contribution in [0.5, 0.6) is 5.88 Å². The summed E-state index contributed by atoms with van der Waals surface area (Å²) >= 11 is 2.93. The molecular weight excluding hydrogens is 258 g/mol. The van der Waals surface area contributed by atoms with Gasteiger partial charge in [0.05, 0.1) is 12.7 Å². The highest BCUT2D eigenvalue weighted by molar-refractivity contribution is 9.10. The quantitative estimate of drug-likeness (QED) is 0.823. The third-order valence-electron chi connectivity index (χ3n) is 1.50. The van der Waals surface area contributed by atoms with Gasteiger partial charge in [-0.15, -0.1) is 0 Å². The number of nitrogens with zero attached hydrogens (tertiary/aromatic N) is 2. The van der Waals surface area contributed by atoms with Gasteiger partial charge in [-0.2, -0.15) is 5.26 Å². The van der Waals surface area contributed by atoms with Crippen LogP contribution in [0.2, 0.25) is 0 Å². The van der Waals surface area contributed by atoms with E-state index in [1.54, 1.807) is 6.07 Å². The molecule has 0 aliphatic rings. The fourth-order valence-corrected chi connectivity index (χ4v) is 1.47. The Hall–Kier alpha value is -1.22. The van der Waals surface area contributed by atoms with Crippen molar-refractivity contribution in [3.63, 3.8) is 0 Å². The van der Waals surface area contributed by atoms with E-state index >= 15 is 0 Å². The van der Waals surface area contributed by atoms with Gasteiger partial charge in [0, 0.05) is 4.47 Å². The highest BCUT2D eigenvalue weighted by atomic mass is 79.9. The van der Waals surface area contributed by atoms with E-state index in [2.05, 4.69) is 25.7 Å². The predicted octanol–water partition coefficient (Wildman–Crippen LogP) is 2.66. The Morgan fingerprint density at radius 1 is 1.64 bits per heavy atom. The number of halogens is 3. The zero-order valence-corrected chi connectivity index (χ0v) is 8.68. The van der Waals surface area contributed by atoms with E-state index in [1.807, 2.05) is 0 Å². The molecule has 0 fully saturated rings. The minimum atomic E-state index is -2.69. The molecule has 3 nitrogen and oxygen atoms in total. The normalized spacial score (nSPS) is 10.0. The molecule has 0 aliphatic heterocycles. The Balaban J connectivity index is 3.36. The van der Waals surface area contributed by atoms with Crippen LogP contribution in [0.4, 0.5) is 8.78 Å². The lowest BCUT2D eigenvalue weighted by atomic mass is 10.2. The number of hydrogen-bond donors (Lipinski definition) is 0. The van der Waals surface area contributed by atoms with E-state index in [1.165, 1.54) is 13.2 Å². The zero-order chi connectivity index (χ0) is 10.7. The summed E-state index contributed by atoms with van der Waals surface area (Å²) in [7, 11) is 1.22. The second kappa shape index (κ2) is 4.33. The number of nitriles is 1. The van der Waals surface area contributed by atoms with E-state index in [0.29, 0.717) is 0 Å². The standard InChI is InChI=1S/C8H5BrF2N2O/c1-14-8-6(7(10)11)5(9)2-4(3-12)13-8/h2,7H,1H3. The molecule has 0 atom stereocenters. The fraction of sp³-hybridized carbons (Fsp3) is 0.250. The summed E-state index contributed by atoms with van der Waals surface area (Å²) in [6.07, 6.45) is -2.69. The summed E-state index contributed by atoms with van der Waals surface area (Å²) in [6, 6.07) is 2.97. The van der Waals surface area contributed by atoms with Crippen LogP contribution in [-0.4, -0.2) is 12.1 Å². The van der Waals surface area contributed by atoms with Crippen LogP contribution in [-0.2, 0) is 0 Å². The minimum absolute atomic E-state index is 0.0260. The van der Waals surface area contributed by atoms with Crippen LogP contribution < -0.4 is 4.74 Å². The second-order valence-electron chi connectivity index (χ2n) is 2.32. The van der Waals surface area contributed by atoms with Crippen LogP contribution in [0.25, 0.3) is 0 Å². The van der Waals surface area contributed by atoms with E-state index in [-0.39, 0.29) is 21.6 Å². The second-order valence-corrected chi connectivity index (χ2v) is 3.18. The van der Waals surface area contributed by atoms with Crippen LogP contribution in [0.1, 0.15) is 17.7 Å². The smallest absolute Gasteiger partial charge is 0.270 e. The molecule has 0 unspecified atom stereocenters. The highest BCUT2D eigenvalue weighted by Crippen LogP contribution is 2.34. The maximum Gasteiger partial charge on any atom is 0.270 e. The highest BCUT2D eigenvalue weighted by Gasteiger charge is 2.20. The monoisotopic (exact) mass is 262 g/mol. The molecule has 0 saturated carbocycles. The van der Waals surface area contributed by atoms with Gasteiger partial charge in [-0.25, -0.2) is 13.8 Å². The third-order valence-corrected chi connectivity index (χ3v) is 2.16. The van der Waals surface area contributed by atoms with Gasteiger partial charge >= 0.3 is 0 Å². The van der Waals surface area contributed by atoms with E-state index < -0.39 is 6.43 Å². The van der Waals surface area contributed by atoms with Gasteiger partial charge in [-0.3, -0.25) is 0 Å². The number of methoxy groups -OCH3 is 1. The van der Waals surface area contributed by atoms with Crippen molar-refractivity contribution in [3.05, 3.63) is 21.8 Å². The van der Waals surface area contributed by atoms with Gasteiger partial charge in [0.1, 0.15) is 11.8 Å². The molecule has 0 N–H and O–H groups in total. The number of alkyl halides is 2. The zero-order valence-electron chi connectivity index (χ0n) is 7.09. The molecule has 0 aromatic carbocycles. The minimum Gasteiger partial charge on any atom is -0.481 e. The van der Waals surface area contributed by atoms with Crippen molar-refractivity contribution in [3.8, 4) is 11.9 Å². The van der Waals surface area contributed by atoms with E-state index in [4.69, 9.17) is 5.26 Å². The van der Waals surface area contributed by atoms with Gasteiger partial charge < -0.3 is 4.74 Å². The van der Waals surface area contributed by atoms with Crippen molar-refractivity contribution in [1.29, 1.82) is 5.26 Å². The summed E-state index contributed by atoms with van der Waals surface area (Å²) in [5, 5.41) is 8.54. The summed E-state index contributed by atoms with van der Waals surface area (Å²) in [5.41, 5.74) is -0.315. The van der Waals surface area contributed by atoms with Crippen LogP contribution in [0.3, 0.4) is 0 Å². The Bertz CT molecular complexity index is 390. The average molecular weight is 263 g/mol. The lowest BCUT2D eigenvalue weighted by Crippen LogP contribution is -1.99. The van der Waals surface area contributed by atoms with Crippen LogP contribution in [0.15, 0.2) is 10.5 Å². The molecule has 1 heterocycles. The molecule has 0 saturated heterocycles. The first-order valence-corrected chi connectivity index (χ1v) is 4.32. The van der Waals surface area contributed by atoms with Gasteiger partial charge in [0.2, 0.25) is 5.88 Å². The van der Waals surface area contributed by atoms with Crippen LogP contribution >= 0.6 is 15.9 Å². The van der Waals surface area contributed by atoms with Gasteiger partial charge in [0.25, 0.3) is 6.43 Å². The molecule has 0 spiro atoms. The topological polar surface area (TPSA) is 45.9 Å². The maximum absolute atomic E-state index is 12.5. The Labute approximate surface area is 87.5 Å². The lowest BCUT2D eigenvalue weighted by Gasteiger charge is -2.08. The number of hydrogen-bond acceptors (Lipinski definition) is 3. The molecule has 0 bridgehead atoms. The Morgan fingerprint density at radius 3 is 2.71 bits per heavy atom. The number of ether oxygens (including phenoxy) is 1. The summed E-state index contributed by atoms with van der Waals surface area (Å²) in [4.78, 5) is 3.60. The number of aromatic nitrogens is 1. The molecular formula is C8H5BrF2N2O. The Kier molecular flexibility index (Phi) is 3.36. The SMILES string of the molecule is COc1nc(C#N)cc(Br)c1C(F)F. The van der Waals surface area contributed by atoms with E-state index in [0.717, 1.165) is 0 Å². The molecule has 1 aromatic rings. The summed E-state index contributed by atoms with van der Waals surface area (Å²) < 4.78 is 29.7. The maximum atomic E-state index is 12.5. The number of pyridine rings is 1. The average Bonchev–Trinajstić information content (AvgIpc) is 2.15. The van der Waals surface area contributed by atoms with Crippen molar-refractivity contribution in [1.82, 2.24) is 4.98 Å². The fourth-order valence-electron chi connectivity index (χ4n) is 0.912. The van der Waals surface area contributed by atoms with Crippen LogP contribution in [0, 0.1) is 11.3 Å². The largest absolute Gasteiger partial charge is 0.481 e. The summed E-state index contributed by atoms with van der Waals surface area (Å²) in [5.74, 6) is -0.231. The molecule has 6 heteroatoms. The van der Waals surface area contributed by atoms with Crippen molar-refractivity contribution in [2.24, 2.45) is 0 Å². The lowest BCUT2D eigenvalue weighted by molar-refractivity contribution is 0.145. The third kappa shape index (κ3) is 1.99. The summed E-state index contributed by atoms with van der Waals surface area (Å²) in [6.45, 7) is 0. The van der Waals surface area contributed by atoms with E-state index in [9.17, 15) is 8.78 Å². The van der Waals surface area contributed by atoms with Gasteiger partial charge in [-0.05, 0) is 22.0 Å². The first-order valence-electron chi connectivity index (χ1n) is 3.52.